The zero-order valence-electron chi connectivity index (χ0n) is 7.46. The number of hydrogen-bond donors (Lipinski definition) is 1. The van der Waals surface area contributed by atoms with Crippen molar-refractivity contribution in [3.63, 3.8) is 0 Å². The quantitative estimate of drug-likeness (QED) is 0.898. The maximum absolute atomic E-state index is 4.42. The fraction of sp³-hybridized carbons (Fsp3) is 0.625. The maximum Gasteiger partial charge on any atom is 0.186 e. The lowest BCUT2D eigenvalue weighted by atomic mass is 10.1. The predicted molar refractivity (Wildman–Crippen MR) is 59.5 cm³/mol. The van der Waals surface area contributed by atoms with Crippen LogP contribution in [-0.4, -0.2) is 30.7 Å². The van der Waals surface area contributed by atoms with Crippen LogP contribution in [0, 0.1) is 0 Å². The van der Waals surface area contributed by atoms with Crippen LogP contribution in [0.2, 0.25) is 0 Å². The van der Waals surface area contributed by atoms with Gasteiger partial charge in [0.05, 0.1) is 6.04 Å². The summed E-state index contributed by atoms with van der Waals surface area (Å²) in [6.45, 7) is 5.38. The van der Waals surface area contributed by atoms with Gasteiger partial charge in [-0.05, 0) is 22.9 Å². The van der Waals surface area contributed by atoms with Gasteiger partial charge in [0.25, 0.3) is 0 Å². The number of aromatic nitrogens is 1. The van der Waals surface area contributed by atoms with Crippen LogP contribution in [0.5, 0.6) is 0 Å². The van der Waals surface area contributed by atoms with E-state index < -0.39 is 0 Å². The van der Waals surface area contributed by atoms with E-state index in [-0.39, 0.29) is 0 Å². The van der Waals surface area contributed by atoms with E-state index in [0.717, 1.165) is 29.4 Å². The third-order valence-corrected chi connectivity index (χ3v) is 3.84. The molecule has 72 valence electrons. The summed E-state index contributed by atoms with van der Waals surface area (Å²) in [5.74, 6) is 0. The zero-order chi connectivity index (χ0) is 9.26. The van der Waals surface area contributed by atoms with Crippen molar-refractivity contribution in [1.29, 1.82) is 0 Å². The molecule has 1 N–H and O–H groups in total. The molecule has 0 radical (unpaired) electrons. The highest BCUT2D eigenvalue weighted by Crippen LogP contribution is 2.25. The fourth-order valence-electron chi connectivity index (χ4n) is 1.42. The minimum Gasteiger partial charge on any atom is -0.343 e. The Bertz CT molecular complexity index is 285. The Morgan fingerprint density at radius 1 is 1.77 bits per heavy atom. The summed E-state index contributed by atoms with van der Waals surface area (Å²) in [5, 5.41) is 6.43. The van der Waals surface area contributed by atoms with Gasteiger partial charge in [0, 0.05) is 25.0 Å². The van der Waals surface area contributed by atoms with Crippen LogP contribution < -0.4 is 10.2 Å². The Balaban J connectivity index is 2.11. The Morgan fingerprint density at radius 2 is 2.54 bits per heavy atom. The highest BCUT2D eigenvalue weighted by molar-refractivity contribution is 9.10. The van der Waals surface area contributed by atoms with Gasteiger partial charge < -0.3 is 10.2 Å². The van der Waals surface area contributed by atoms with Crippen molar-refractivity contribution in [3.8, 4) is 0 Å². The minimum atomic E-state index is 0.642. The minimum absolute atomic E-state index is 0.642. The predicted octanol–water partition coefficient (Wildman–Crippen LogP) is 1.70. The molecule has 0 amide bonds. The van der Waals surface area contributed by atoms with E-state index in [1.54, 1.807) is 11.3 Å². The molecular formula is C8H12BrN3S. The molecule has 1 aliphatic rings. The number of likely N-dealkylation sites (N-methyl/N-ethyl adjacent to an activating group) is 1. The molecule has 0 atom stereocenters. The normalized spacial score (nSPS) is 17.1. The molecule has 1 fully saturated rings. The topological polar surface area (TPSA) is 28.2 Å². The average molecular weight is 262 g/mol. The van der Waals surface area contributed by atoms with Gasteiger partial charge in [0.15, 0.2) is 5.13 Å². The van der Waals surface area contributed by atoms with E-state index in [9.17, 15) is 0 Å². The molecule has 2 heterocycles. The Morgan fingerprint density at radius 3 is 2.92 bits per heavy atom. The van der Waals surface area contributed by atoms with Gasteiger partial charge in [-0.25, -0.2) is 4.98 Å². The summed E-state index contributed by atoms with van der Waals surface area (Å²) < 4.78 is 0.943. The smallest absolute Gasteiger partial charge is 0.186 e. The zero-order valence-corrected chi connectivity index (χ0v) is 9.86. The van der Waals surface area contributed by atoms with Gasteiger partial charge in [-0.1, -0.05) is 0 Å². The van der Waals surface area contributed by atoms with E-state index in [4.69, 9.17) is 0 Å². The lowest BCUT2D eigenvalue weighted by Gasteiger charge is -2.37. The second-order valence-corrected chi connectivity index (χ2v) is 4.70. The van der Waals surface area contributed by atoms with Gasteiger partial charge in [-0.3, -0.25) is 0 Å². The first-order chi connectivity index (χ1) is 6.31. The van der Waals surface area contributed by atoms with E-state index in [1.807, 2.05) is 5.38 Å². The van der Waals surface area contributed by atoms with Gasteiger partial charge in [0.2, 0.25) is 0 Å². The molecular weight excluding hydrogens is 250 g/mol. The number of halogens is 1. The first-order valence-electron chi connectivity index (χ1n) is 4.39. The molecule has 13 heavy (non-hydrogen) atoms. The van der Waals surface area contributed by atoms with E-state index >= 15 is 0 Å². The molecule has 0 bridgehead atoms. The van der Waals surface area contributed by atoms with E-state index in [2.05, 4.69) is 38.1 Å². The van der Waals surface area contributed by atoms with Gasteiger partial charge in [-0.15, -0.1) is 11.3 Å². The third-order valence-electron chi connectivity index (χ3n) is 2.25. The Labute approximate surface area is 90.3 Å². The van der Waals surface area contributed by atoms with Gasteiger partial charge in [0.1, 0.15) is 4.60 Å². The lowest BCUT2D eigenvalue weighted by molar-refractivity contribution is 0.417. The van der Waals surface area contributed by atoms with Crippen molar-refractivity contribution in [2.24, 2.45) is 0 Å². The number of nitrogens with one attached hydrogen (secondary N) is 1. The first kappa shape index (κ1) is 9.43. The summed E-state index contributed by atoms with van der Waals surface area (Å²) in [4.78, 5) is 6.77. The Hall–Kier alpha value is -0.130. The standard InChI is InChI=1S/C8H12BrN3S/c1-2-12(6-3-10-4-6)8-11-7(9)5-13-8/h5-6,10H,2-4H2,1H3. The first-order valence-corrected chi connectivity index (χ1v) is 6.07. The molecule has 3 nitrogen and oxygen atoms in total. The lowest BCUT2D eigenvalue weighted by Crippen LogP contribution is -2.57. The SMILES string of the molecule is CCN(c1nc(Br)cs1)C1CNC1. The highest BCUT2D eigenvalue weighted by Gasteiger charge is 2.25. The highest BCUT2D eigenvalue weighted by atomic mass is 79.9. The summed E-state index contributed by atoms with van der Waals surface area (Å²) in [6, 6.07) is 0.642. The second kappa shape index (κ2) is 3.94. The molecule has 0 unspecified atom stereocenters. The monoisotopic (exact) mass is 261 g/mol. The summed E-state index contributed by atoms with van der Waals surface area (Å²) in [7, 11) is 0. The number of nitrogens with zero attached hydrogens (tertiary/aromatic N) is 2. The van der Waals surface area contributed by atoms with E-state index in [0.29, 0.717) is 6.04 Å². The van der Waals surface area contributed by atoms with Crippen LogP contribution in [-0.2, 0) is 0 Å². The van der Waals surface area contributed by atoms with Crippen molar-refractivity contribution in [1.82, 2.24) is 10.3 Å². The molecule has 1 aromatic heterocycles. The third kappa shape index (κ3) is 1.87. The van der Waals surface area contributed by atoms with Crippen molar-refractivity contribution < 1.29 is 0 Å². The largest absolute Gasteiger partial charge is 0.343 e. The average Bonchev–Trinajstić information content (AvgIpc) is 2.43. The molecule has 1 aromatic rings. The summed E-state index contributed by atoms with van der Waals surface area (Å²) in [5.41, 5.74) is 0. The van der Waals surface area contributed by atoms with Crippen LogP contribution in [0.15, 0.2) is 9.98 Å². The molecule has 0 aromatic carbocycles. The summed E-state index contributed by atoms with van der Waals surface area (Å²) >= 11 is 5.08. The van der Waals surface area contributed by atoms with Crippen molar-refractivity contribution in [2.75, 3.05) is 24.5 Å². The van der Waals surface area contributed by atoms with Crippen LogP contribution in [0.3, 0.4) is 0 Å². The molecule has 1 saturated heterocycles. The van der Waals surface area contributed by atoms with Crippen LogP contribution in [0.1, 0.15) is 6.92 Å². The van der Waals surface area contributed by atoms with Crippen LogP contribution in [0.25, 0.3) is 0 Å². The Kier molecular flexibility index (Phi) is 2.86. The van der Waals surface area contributed by atoms with Crippen molar-refractivity contribution in [3.05, 3.63) is 9.98 Å². The van der Waals surface area contributed by atoms with Crippen molar-refractivity contribution in [2.45, 2.75) is 13.0 Å². The molecule has 2 rings (SSSR count). The second-order valence-electron chi connectivity index (χ2n) is 3.05. The molecule has 5 heteroatoms. The van der Waals surface area contributed by atoms with Gasteiger partial charge >= 0.3 is 0 Å². The molecule has 0 aliphatic carbocycles. The number of hydrogen-bond acceptors (Lipinski definition) is 4. The van der Waals surface area contributed by atoms with E-state index in [1.165, 1.54) is 0 Å². The number of thiazole rings is 1. The van der Waals surface area contributed by atoms with Crippen LogP contribution in [0.4, 0.5) is 5.13 Å². The van der Waals surface area contributed by atoms with Crippen molar-refractivity contribution >= 4 is 32.4 Å². The molecule has 1 aliphatic heterocycles. The molecule has 0 spiro atoms. The van der Waals surface area contributed by atoms with Gasteiger partial charge in [-0.2, -0.15) is 0 Å². The fourth-order valence-corrected chi connectivity index (χ4v) is 2.81. The maximum atomic E-state index is 4.42. The summed E-state index contributed by atoms with van der Waals surface area (Å²) in [6.07, 6.45) is 0. The van der Waals surface area contributed by atoms with Crippen LogP contribution >= 0.6 is 27.3 Å². The number of rotatable bonds is 3. The number of anilines is 1. The molecule has 0 saturated carbocycles.